The van der Waals surface area contributed by atoms with E-state index in [1.165, 1.54) is 30.3 Å². The third-order valence-corrected chi connectivity index (χ3v) is 3.58. The van der Waals surface area contributed by atoms with Gasteiger partial charge in [0.25, 0.3) is 0 Å². The van der Waals surface area contributed by atoms with E-state index in [4.69, 9.17) is 15.7 Å². The van der Waals surface area contributed by atoms with Crippen LogP contribution in [0.3, 0.4) is 0 Å². The fourth-order valence-electron chi connectivity index (χ4n) is 1.63. The van der Waals surface area contributed by atoms with Crippen LogP contribution in [0.5, 0.6) is 11.5 Å². The van der Waals surface area contributed by atoms with Gasteiger partial charge in [-0.2, -0.15) is 0 Å². The predicted molar refractivity (Wildman–Crippen MR) is 77.8 cm³/mol. The van der Waals surface area contributed by atoms with Gasteiger partial charge in [-0.1, -0.05) is 11.2 Å². The molecule has 0 saturated carbocycles. The summed E-state index contributed by atoms with van der Waals surface area (Å²) in [7, 11) is 0. The first kappa shape index (κ1) is 15.2. The van der Waals surface area contributed by atoms with Crippen molar-refractivity contribution in [1.82, 2.24) is 0 Å². The monoisotopic (exact) mass is 356 g/mol. The lowest BCUT2D eigenvalue weighted by molar-refractivity contribution is 0.318. The number of amidine groups is 1. The van der Waals surface area contributed by atoms with Crippen LogP contribution in [0.15, 0.2) is 40.0 Å². The molecule has 3 N–H and O–H groups in total. The molecular formula is C14H11BrF2N2O2. The van der Waals surface area contributed by atoms with Crippen LogP contribution in [0, 0.1) is 18.6 Å². The molecule has 0 amide bonds. The average molecular weight is 357 g/mol. The molecule has 2 aromatic carbocycles. The van der Waals surface area contributed by atoms with E-state index in [1.807, 2.05) is 0 Å². The Morgan fingerprint density at radius 3 is 2.62 bits per heavy atom. The smallest absolute Gasteiger partial charge is 0.180 e. The highest BCUT2D eigenvalue weighted by Gasteiger charge is 2.16. The van der Waals surface area contributed by atoms with E-state index in [0.29, 0.717) is 5.56 Å². The highest BCUT2D eigenvalue weighted by molar-refractivity contribution is 9.10. The maximum Gasteiger partial charge on any atom is 0.180 e. The molecule has 0 bridgehead atoms. The maximum atomic E-state index is 14.2. The Hall–Kier alpha value is -2.15. The zero-order valence-corrected chi connectivity index (χ0v) is 12.5. The van der Waals surface area contributed by atoms with E-state index in [2.05, 4.69) is 21.1 Å². The molecule has 0 fully saturated rings. The maximum absolute atomic E-state index is 14.2. The molecule has 0 aliphatic carbocycles. The van der Waals surface area contributed by atoms with Gasteiger partial charge >= 0.3 is 0 Å². The molecule has 0 aliphatic rings. The number of aryl methyl sites for hydroxylation is 1. The van der Waals surface area contributed by atoms with Crippen LogP contribution in [0.4, 0.5) is 8.78 Å². The minimum absolute atomic E-state index is 0.0112. The fourth-order valence-corrected chi connectivity index (χ4v) is 2.16. The van der Waals surface area contributed by atoms with Gasteiger partial charge in [0, 0.05) is 11.6 Å². The van der Waals surface area contributed by atoms with Gasteiger partial charge in [-0.05, 0) is 46.6 Å². The topological polar surface area (TPSA) is 67.8 Å². The molecule has 0 saturated heterocycles. The van der Waals surface area contributed by atoms with Gasteiger partial charge in [0.15, 0.2) is 17.4 Å². The first-order valence-electron chi connectivity index (χ1n) is 5.84. The molecule has 0 spiro atoms. The fraction of sp³-hybridized carbons (Fsp3) is 0.0714. The summed E-state index contributed by atoms with van der Waals surface area (Å²) in [6, 6.07) is 6.96. The van der Waals surface area contributed by atoms with Crippen LogP contribution in [0.2, 0.25) is 0 Å². The molecule has 4 nitrogen and oxygen atoms in total. The van der Waals surface area contributed by atoms with Crippen LogP contribution in [0.1, 0.15) is 11.1 Å². The van der Waals surface area contributed by atoms with Crippen LogP contribution in [-0.4, -0.2) is 11.0 Å². The van der Waals surface area contributed by atoms with Gasteiger partial charge < -0.3 is 15.7 Å². The molecular weight excluding hydrogens is 346 g/mol. The van der Waals surface area contributed by atoms with Crippen molar-refractivity contribution in [3.63, 3.8) is 0 Å². The Labute approximate surface area is 128 Å². The standard InChI is InChI=1S/C14H11BrF2N2O2/c1-7-2-3-8(6-10(7)16)21-11-5-4-9(14(18)19-20)12(15)13(11)17/h2-6,20H,1H3,(H2,18,19). The molecule has 0 aliphatic heterocycles. The minimum Gasteiger partial charge on any atom is -0.454 e. The van der Waals surface area contributed by atoms with Gasteiger partial charge in [0.2, 0.25) is 0 Å². The molecule has 0 heterocycles. The lowest BCUT2D eigenvalue weighted by Gasteiger charge is -2.10. The van der Waals surface area contributed by atoms with E-state index < -0.39 is 11.6 Å². The quantitative estimate of drug-likeness (QED) is 0.379. The Balaban J connectivity index is 2.37. The molecule has 7 heteroatoms. The van der Waals surface area contributed by atoms with Crippen molar-refractivity contribution in [3.8, 4) is 11.5 Å². The number of nitrogens with two attached hydrogens (primary N) is 1. The third kappa shape index (κ3) is 3.13. The number of hydrogen-bond donors (Lipinski definition) is 2. The first-order valence-corrected chi connectivity index (χ1v) is 6.63. The van der Waals surface area contributed by atoms with Crippen molar-refractivity contribution in [1.29, 1.82) is 0 Å². The van der Waals surface area contributed by atoms with E-state index in [1.54, 1.807) is 6.92 Å². The summed E-state index contributed by atoms with van der Waals surface area (Å²) in [6.45, 7) is 1.61. The molecule has 0 aromatic heterocycles. The second-order valence-corrected chi connectivity index (χ2v) is 5.03. The Kier molecular flexibility index (Phi) is 4.42. The van der Waals surface area contributed by atoms with E-state index >= 15 is 0 Å². The van der Waals surface area contributed by atoms with Gasteiger partial charge in [0.05, 0.1) is 4.47 Å². The highest BCUT2D eigenvalue weighted by atomic mass is 79.9. The van der Waals surface area contributed by atoms with Gasteiger partial charge in [0.1, 0.15) is 11.6 Å². The summed E-state index contributed by atoms with van der Waals surface area (Å²) >= 11 is 3.01. The number of hydrogen-bond acceptors (Lipinski definition) is 3. The first-order chi connectivity index (χ1) is 9.93. The van der Waals surface area contributed by atoms with Gasteiger partial charge in [-0.15, -0.1) is 0 Å². The zero-order chi connectivity index (χ0) is 15.6. The van der Waals surface area contributed by atoms with Crippen molar-refractivity contribution in [3.05, 3.63) is 57.6 Å². The number of halogens is 3. The number of benzene rings is 2. The van der Waals surface area contributed by atoms with Crippen molar-refractivity contribution < 1.29 is 18.7 Å². The van der Waals surface area contributed by atoms with E-state index in [9.17, 15) is 8.78 Å². The van der Waals surface area contributed by atoms with Crippen LogP contribution >= 0.6 is 15.9 Å². The largest absolute Gasteiger partial charge is 0.454 e. The molecule has 0 unspecified atom stereocenters. The average Bonchev–Trinajstić information content (AvgIpc) is 2.47. The highest BCUT2D eigenvalue weighted by Crippen LogP contribution is 2.32. The van der Waals surface area contributed by atoms with E-state index in [0.717, 1.165) is 0 Å². The lowest BCUT2D eigenvalue weighted by atomic mass is 10.2. The van der Waals surface area contributed by atoms with Crippen molar-refractivity contribution in [2.45, 2.75) is 6.92 Å². The minimum atomic E-state index is -0.736. The summed E-state index contributed by atoms with van der Waals surface area (Å²) in [5.74, 6) is -1.37. The summed E-state index contributed by atoms with van der Waals surface area (Å²) in [6.07, 6.45) is 0. The number of oxime groups is 1. The van der Waals surface area contributed by atoms with Gasteiger partial charge in [-0.25, -0.2) is 8.78 Å². The Morgan fingerprint density at radius 2 is 2.00 bits per heavy atom. The molecule has 110 valence electrons. The summed E-state index contributed by atoms with van der Waals surface area (Å²) in [5, 5.41) is 11.4. The normalized spacial score (nSPS) is 11.5. The predicted octanol–water partition coefficient (Wildman–Crippen LogP) is 3.92. The molecule has 2 rings (SSSR count). The lowest BCUT2D eigenvalue weighted by Crippen LogP contribution is -2.14. The number of rotatable bonds is 3. The van der Waals surface area contributed by atoms with Crippen LogP contribution in [0.25, 0.3) is 0 Å². The van der Waals surface area contributed by atoms with E-state index in [-0.39, 0.29) is 27.4 Å². The van der Waals surface area contributed by atoms with Crippen LogP contribution < -0.4 is 10.5 Å². The molecule has 0 radical (unpaired) electrons. The number of nitrogens with zero attached hydrogens (tertiary/aromatic N) is 1. The molecule has 0 atom stereocenters. The Bertz CT molecular complexity index is 720. The van der Waals surface area contributed by atoms with Gasteiger partial charge in [-0.3, -0.25) is 0 Å². The molecule has 21 heavy (non-hydrogen) atoms. The molecule has 2 aromatic rings. The second kappa shape index (κ2) is 6.09. The van der Waals surface area contributed by atoms with Crippen molar-refractivity contribution in [2.75, 3.05) is 0 Å². The second-order valence-electron chi connectivity index (χ2n) is 4.24. The SMILES string of the molecule is Cc1ccc(Oc2ccc(/C(N)=N/O)c(Br)c2F)cc1F. The summed E-state index contributed by atoms with van der Waals surface area (Å²) in [4.78, 5) is 0. The third-order valence-electron chi connectivity index (χ3n) is 2.80. The van der Waals surface area contributed by atoms with Crippen LogP contribution in [-0.2, 0) is 0 Å². The zero-order valence-electron chi connectivity index (χ0n) is 10.9. The summed E-state index contributed by atoms with van der Waals surface area (Å²) in [5.41, 5.74) is 6.06. The van der Waals surface area contributed by atoms with Crippen molar-refractivity contribution >= 4 is 21.8 Å². The van der Waals surface area contributed by atoms with Crippen molar-refractivity contribution in [2.24, 2.45) is 10.9 Å². The number of ether oxygens (including phenoxy) is 1. The Morgan fingerprint density at radius 1 is 1.29 bits per heavy atom. The summed E-state index contributed by atoms with van der Waals surface area (Å²) < 4.78 is 32.9.